The molecule has 1 fully saturated rings. The molecule has 3 rings (SSSR count). The number of nitrogens with one attached hydrogen (secondary N) is 1. The molecule has 1 N–H and O–H groups in total. The van der Waals surface area contributed by atoms with E-state index in [0.717, 1.165) is 22.1 Å². The molecule has 1 aliphatic carbocycles. The second kappa shape index (κ2) is 7.97. The molecule has 0 saturated heterocycles. The van der Waals surface area contributed by atoms with Gasteiger partial charge in [-0.05, 0) is 71.8 Å². The third-order valence-electron chi connectivity index (χ3n) is 4.00. The standard InChI is InChI=1S/C18H20INO3/c19-13-6-8-14(9-7-13)20-18(21)17-11-10-16(23-17)12-22-15-4-2-1-3-5-15/h6-11,15H,1-5,12H2,(H,20,21). The van der Waals surface area contributed by atoms with E-state index < -0.39 is 0 Å². The normalized spacial score (nSPS) is 15.5. The number of rotatable bonds is 5. The average molecular weight is 425 g/mol. The Kier molecular flexibility index (Phi) is 5.72. The molecule has 1 amide bonds. The van der Waals surface area contributed by atoms with Crippen LogP contribution in [-0.2, 0) is 11.3 Å². The fourth-order valence-electron chi connectivity index (χ4n) is 2.74. The van der Waals surface area contributed by atoms with Crippen LogP contribution in [-0.4, -0.2) is 12.0 Å². The SMILES string of the molecule is O=C(Nc1ccc(I)cc1)c1ccc(COC2CCCCC2)o1. The van der Waals surface area contributed by atoms with Gasteiger partial charge in [0.2, 0.25) is 0 Å². The van der Waals surface area contributed by atoms with Crippen LogP contribution in [0.25, 0.3) is 0 Å². The van der Waals surface area contributed by atoms with Crippen molar-refractivity contribution in [1.82, 2.24) is 0 Å². The summed E-state index contributed by atoms with van der Waals surface area (Å²) in [7, 11) is 0. The fourth-order valence-corrected chi connectivity index (χ4v) is 3.09. The van der Waals surface area contributed by atoms with Crippen LogP contribution in [0.1, 0.15) is 48.4 Å². The second-order valence-electron chi connectivity index (χ2n) is 5.80. The van der Waals surface area contributed by atoms with Crippen LogP contribution in [0.2, 0.25) is 0 Å². The molecule has 23 heavy (non-hydrogen) atoms. The van der Waals surface area contributed by atoms with E-state index in [4.69, 9.17) is 9.15 Å². The molecule has 2 aromatic rings. The van der Waals surface area contributed by atoms with E-state index in [-0.39, 0.29) is 5.91 Å². The first-order valence-electron chi connectivity index (χ1n) is 7.98. The summed E-state index contributed by atoms with van der Waals surface area (Å²) in [6.07, 6.45) is 6.38. The highest BCUT2D eigenvalue weighted by Gasteiger charge is 2.16. The molecule has 1 aliphatic rings. The Morgan fingerprint density at radius 1 is 1.13 bits per heavy atom. The van der Waals surface area contributed by atoms with E-state index >= 15 is 0 Å². The molecule has 1 aromatic carbocycles. The van der Waals surface area contributed by atoms with Crippen LogP contribution in [0.15, 0.2) is 40.8 Å². The minimum atomic E-state index is -0.241. The minimum absolute atomic E-state index is 0.241. The van der Waals surface area contributed by atoms with E-state index in [0.29, 0.717) is 24.2 Å². The van der Waals surface area contributed by atoms with Gasteiger partial charge in [0, 0.05) is 9.26 Å². The highest BCUT2D eigenvalue weighted by Crippen LogP contribution is 2.22. The number of anilines is 1. The molecule has 0 unspecified atom stereocenters. The summed E-state index contributed by atoms with van der Waals surface area (Å²) in [6, 6.07) is 11.1. The predicted molar refractivity (Wildman–Crippen MR) is 97.5 cm³/mol. The molecule has 0 atom stereocenters. The molecule has 1 aromatic heterocycles. The van der Waals surface area contributed by atoms with E-state index in [1.807, 2.05) is 30.3 Å². The smallest absolute Gasteiger partial charge is 0.291 e. The third-order valence-corrected chi connectivity index (χ3v) is 4.72. The molecule has 4 nitrogen and oxygen atoms in total. The number of furan rings is 1. The number of hydrogen-bond acceptors (Lipinski definition) is 3. The van der Waals surface area contributed by atoms with Crippen molar-refractivity contribution in [3.63, 3.8) is 0 Å². The zero-order valence-electron chi connectivity index (χ0n) is 12.9. The maximum Gasteiger partial charge on any atom is 0.291 e. The average Bonchev–Trinajstić information content (AvgIpc) is 3.05. The lowest BCUT2D eigenvalue weighted by atomic mass is 9.98. The van der Waals surface area contributed by atoms with Crippen molar-refractivity contribution in [3.8, 4) is 0 Å². The van der Waals surface area contributed by atoms with E-state index in [9.17, 15) is 4.79 Å². The highest BCUT2D eigenvalue weighted by atomic mass is 127. The summed E-state index contributed by atoms with van der Waals surface area (Å²) in [6.45, 7) is 0.432. The van der Waals surface area contributed by atoms with Crippen molar-refractivity contribution < 1.29 is 13.9 Å². The van der Waals surface area contributed by atoms with Crippen LogP contribution in [0.5, 0.6) is 0 Å². The van der Waals surface area contributed by atoms with Crippen LogP contribution >= 0.6 is 22.6 Å². The monoisotopic (exact) mass is 425 g/mol. The Balaban J connectivity index is 1.53. The maximum absolute atomic E-state index is 12.2. The van der Waals surface area contributed by atoms with Gasteiger partial charge >= 0.3 is 0 Å². The van der Waals surface area contributed by atoms with Gasteiger partial charge in [0.15, 0.2) is 5.76 Å². The van der Waals surface area contributed by atoms with Gasteiger partial charge in [0.25, 0.3) is 5.91 Å². The molecule has 0 bridgehead atoms. The van der Waals surface area contributed by atoms with E-state index in [2.05, 4.69) is 27.9 Å². The minimum Gasteiger partial charge on any atom is -0.453 e. The highest BCUT2D eigenvalue weighted by molar-refractivity contribution is 14.1. The summed E-state index contributed by atoms with van der Waals surface area (Å²) in [4.78, 5) is 12.2. The number of carbonyl (C=O) groups is 1. The Morgan fingerprint density at radius 2 is 1.87 bits per heavy atom. The maximum atomic E-state index is 12.2. The van der Waals surface area contributed by atoms with Gasteiger partial charge in [0.1, 0.15) is 12.4 Å². The van der Waals surface area contributed by atoms with Crippen LogP contribution in [0.3, 0.4) is 0 Å². The summed E-state index contributed by atoms with van der Waals surface area (Å²) >= 11 is 2.23. The van der Waals surface area contributed by atoms with Gasteiger partial charge in [0.05, 0.1) is 6.10 Å². The van der Waals surface area contributed by atoms with Gasteiger partial charge in [-0.1, -0.05) is 19.3 Å². The molecule has 0 aliphatic heterocycles. The van der Waals surface area contributed by atoms with E-state index in [1.165, 1.54) is 19.3 Å². The van der Waals surface area contributed by atoms with Gasteiger partial charge in [-0.25, -0.2) is 0 Å². The molecule has 1 saturated carbocycles. The van der Waals surface area contributed by atoms with Gasteiger partial charge in [-0.15, -0.1) is 0 Å². The molecule has 122 valence electrons. The molecular weight excluding hydrogens is 405 g/mol. The van der Waals surface area contributed by atoms with Crippen molar-refractivity contribution in [2.24, 2.45) is 0 Å². The van der Waals surface area contributed by atoms with Crippen molar-refractivity contribution in [2.45, 2.75) is 44.8 Å². The number of benzene rings is 1. The largest absolute Gasteiger partial charge is 0.453 e. The molecule has 1 heterocycles. The van der Waals surface area contributed by atoms with Gasteiger partial charge < -0.3 is 14.5 Å². The Morgan fingerprint density at radius 3 is 2.61 bits per heavy atom. The summed E-state index contributed by atoms with van der Waals surface area (Å²) in [5, 5.41) is 2.83. The van der Waals surface area contributed by atoms with Crippen LogP contribution < -0.4 is 5.32 Å². The number of halogens is 1. The zero-order chi connectivity index (χ0) is 16.1. The topological polar surface area (TPSA) is 51.5 Å². The number of ether oxygens (including phenoxy) is 1. The van der Waals surface area contributed by atoms with Crippen molar-refractivity contribution in [3.05, 3.63) is 51.5 Å². The number of hydrogen-bond donors (Lipinski definition) is 1. The first-order valence-corrected chi connectivity index (χ1v) is 9.06. The lowest BCUT2D eigenvalue weighted by Gasteiger charge is -2.21. The zero-order valence-corrected chi connectivity index (χ0v) is 15.0. The Labute approximate surface area is 149 Å². The molecular formula is C18H20INO3. The fraction of sp³-hybridized carbons (Fsp3) is 0.389. The van der Waals surface area contributed by atoms with Crippen LogP contribution in [0, 0.1) is 3.57 Å². The van der Waals surface area contributed by atoms with Gasteiger partial charge in [-0.3, -0.25) is 4.79 Å². The quantitative estimate of drug-likeness (QED) is 0.688. The third kappa shape index (κ3) is 4.81. The van der Waals surface area contributed by atoms with Crippen molar-refractivity contribution in [1.29, 1.82) is 0 Å². The molecule has 0 radical (unpaired) electrons. The van der Waals surface area contributed by atoms with E-state index in [1.54, 1.807) is 6.07 Å². The first kappa shape index (κ1) is 16.5. The molecule has 5 heteroatoms. The number of carbonyl (C=O) groups excluding carboxylic acids is 1. The summed E-state index contributed by atoms with van der Waals surface area (Å²) in [5.41, 5.74) is 0.756. The van der Waals surface area contributed by atoms with Crippen molar-refractivity contribution in [2.75, 3.05) is 5.32 Å². The lowest BCUT2D eigenvalue weighted by Crippen LogP contribution is -2.16. The number of amides is 1. The van der Waals surface area contributed by atoms with Gasteiger partial charge in [-0.2, -0.15) is 0 Å². The van der Waals surface area contributed by atoms with Crippen molar-refractivity contribution >= 4 is 34.2 Å². The predicted octanol–water partition coefficient (Wildman–Crippen LogP) is 4.99. The lowest BCUT2D eigenvalue weighted by molar-refractivity contribution is 0.00849. The Hall–Kier alpha value is -1.34. The van der Waals surface area contributed by atoms with Crippen LogP contribution in [0.4, 0.5) is 5.69 Å². The first-order chi connectivity index (χ1) is 11.2. The molecule has 0 spiro atoms. The Bertz CT molecular complexity index is 645. The summed E-state index contributed by atoms with van der Waals surface area (Å²) < 4.78 is 12.6. The summed E-state index contributed by atoms with van der Waals surface area (Å²) in [5.74, 6) is 0.768. The second-order valence-corrected chi connectivity index (χ2v) is 7.04.